The van der Waals surface area contributed by atoms with Gasteiger partial charge in [0.2, 0.25) is 17.7 Å². The minimum absolute atomic E-state index is 0.0892. The van der Waals surface area contributed by atoms with Gasteiger partial charge in [0.25, 0.3) is 5.56 Å². The zero-order valence-corrected chi connectivity index (χ0v) is 25.9. The monoisotopic (exact) mass is 585 g/mol. The molecule has 226 valence electrons. The quantitative estimate of drug-likeness (QED) is 0.263. The predicted octanol–water partition coefficient (Wildman–Crippen LogP) is 4.67. The molecule has 0 atom stereocenters. The summed E-state index contributed by atoms with van der Waals surface area (Å²) in [4.78, 5) is 49.9. The smallest absolute Gasteiger partial charge is 0.261 e. The van der Waals surface area contributed by atoms with Crippen LogP contribution >= 0.6 is 0 Å². The van der Waals surface area contributed by atoms with Crippen LogP contribution in [0.4, 0.5) is 11.4 Å². The number of methoxy groups -OCH3 is 1. The number of furan rings is 1. The Morgan fingerprint density at radius 3 is 2.44 bits per heavy atom. The lowest BCUT2D eigenvalue weighted by molar-refractivity contribution is -0.137. The highest BCUT2D eigenvalue weighted by molar-refractivity contribution is 6.19. The van der Waals surface area contributed by atoms with Crippen molar-refractivity contribution in [3.63, 3.8) is 0 Å². The van der Waals surface area contributed by atoms with Gasteiger partial charge in [0.1, 0.15) is 16.8 Å². The van der Waals surface area contributed by atoms with Gasteiger partial charge < -0.3 is 23.5 Å². The lowest BCUT2D eigenvalue weighted by atomic mass is 9.90. The van der Waals surface area contributed by atoms with Crippen molar-refractivity contribution in [2.75, 3.05) is 37.0 Å². The molecule has 10 nitrogen and oxygen atoms in total. The van der Waals surface area contributed by atoms with Crippen LogP contribution in [0.1, 0.15) is 43.4 Å². The van der Waals surface area contributed by atoms with Gasteiger partial charge in [0.15, 0.2) is 0 Å². The van der Waals surface area contributed by atoms with E-state index in [0.717, 1.165) is 22.5 Å². The Balaban J connectivity index is 1.47. The van der Waals surface area contributed by atoms with Crippen LogP contribution < -0.4 is 20.1 Å². The van der Waals surface area contributed by atoms with E-state index in [0.29, 0.717) is 61.0 Å². The number of pyridine rings is 2. The second-order valence-corrected chi connectivity index (χ2v) is 11.6. The summed E-state index contributed by atoms with van der Waals surface area (Å²) < 4.78 is 12.6. The van der Waals surface area contributed by atoms with E-state index in [4.69, 9.17) is 9.15 Å². The Morgan fingerprint density at radius 2 is 1.74 bits per heavy atom. The Bertz CT molecular complexity index is 1750. The molecule has 0 unspecified atom stereocenters. The number of carbonyl (C=O) groups is 2. The number of aryl methyl sites for hydroxylation is 2. The van der Waals surface area contributed by atoms with Crippen molar-refractivity contribution in [3.8, 4) is 5.88 Å². The van der Waals surface area contributed by atoms with Crippen molar-refractivity contribution in [1.29, 1.82) is 0 Å². The van der Waals surface area contributed by atoms with E-state index in [1.165, 1.54) is 0 Å². The van der Waals surface area contributed by atoms with Crippen LogP contribution in [0.5, 0.6) is 5.88 Å². The maximum atomic E-state index is 13.4. The van der Waals surface area contributed by atoms with Gasteiger partial charge in [-0.3, -0.25) is 19.3 Å². The molecular formula is C33H39N5O5. The lowest BCUT2D eigenvalue weighted by Gasteiger charge is -2.27. The number of hydrogen-bond acceptors (Lipinski definition) is 7. The average Bonchev–Trinajstić information content (AvgIpc) is 3.36. The molecule has 5 rings (SSSR count). The maximum Gasteiger partial charge on any atom is 0.261 e. The van der Waals surface area contributed by atoms with Crippen LogP contribution in [0.25, 0.3) is 11.0 Å². The summed E-state index contributed by atoms with van der Waals surface area (Å²) in [5.41, 5.74) is 3.63. The molecule has 4 heterocycles. The summed E-state index contributed by atoms with van der Waals surface area (Å²) in [6, 6.07) is 13.4. The van der Waals surface area contributed by atoms with E-state index in [1.54, 1.807) is 54.6 Å². The molecule has 0 N–H and O–H groups in total. The summed E-state index contributed by atoms with van der Waals surface area (Å²) >= 11 is 0. The number of aromatic nitrogens is 2. The molecule has 10 heteroatoms. The van der Waals surface area contributed by atoms with Gasteiger partial charge in [-0.2, -0.15) is 0 Å². The standard InChI is InChI=1S/C33H39N5O5/c1-8-38-26-11-9-23(18-27(26)35(6)31(40)33(4,5)32(38)41)19-36(20-24-10-12-29(42-7)34-22(24)3)15-16-37-14-13-28-25(30(37)39)17-21(2)43-28/h9-14,17-18H,8,15-16,19-20H2,1-7H3. The number of carbonyl (C=O) groups excluding carboxylic acids is 2. The predicted molar refractivity (Wildman–Crippen MR) is 167 cm³/mol. The normalized spacial score (nSPS) is 14.9. The fourth-order valence-electron chi connectivity index (χ4n) is 5.73. The van der Waals surface area contributed by atoms with Crippen molar-refractivity contribution in [2.24, 2.45) is 5.41 Å². The molecule has 0 saturated heterocycles. The lowest BCUT2D eigenvalue weighted by Crippen LogP contribution is -2.47. The molecule has 43 heavy (non-hydrogen) atoms. The van der Waals surface area contributed by atoms with Gasteiger partial charge in [-0.25, -0.2) is 4.98 Å². The summed E-state index contributed by atoms with van der Waals surface area (Å²) in [7, 11) is 3.32. The zero-order valence-electron chi connectivity index (χ0n) is 25.9. The van der Waals surface area contributed by atoms with Crippen LogP contribution in [-0.2, 0) is 29.2 Å². The van der Waals surface area contributed by atoms with Crippen molar-refractivity contribution in [2.45, 2.75) is 54.3 Å². The number of rotatable bonds is 9. The van der Waals surface area contributed by atoms with Gasteiger partial charge in [0, 0.05) is 57.7 Å². The highest BCUT2D eigenvalue weighted by Crippen LogP contribution is 2.39. The van der Waals surface area contributed by atoms with Crippen LogP contribution in [0, 0.1) is 19.3 Å². The number of fused-ring (bicyclic) bond motifs is 2. The van der Waals surface area contributed by atoms with E-state index < -0.39 is 5.41 Å². The summed E-state index contributed by atoms with van der Waals surface area (Å²) in [6.45, 7) is 11.7. The minimum Gasteiger partial charge on any atom is -0.481 e. The highest BCUT2D eigenvalue weighted by Gasteiger charge is 2.45. The van der Waals surface area contributed by atoms with Gasteiger partial charge in [-0.1, -0.05) is 12.1 Å². The SMILES string of the molecule is CCN1C(=O)C(C)(C)C(=O)N(C)c2cc(CN(CCn3ccc4oc(C)cc4c3=O)Cc3ccc(OC)nc3C)ccc21. The number of benzene rings is 1. The molecule has 4 aromatic rings. The third kappa shape index (κ3) is 5.67. The third-order valence-corrected chi connectivity index (χ3v) is 8.24. The van der Waals surface area contributed by atoms with Crippen LogP contribution in [0.3, 0.4) is 0 Å². The molecular weight excluding hydrogens is 546 g/mol. The molecule has 2 amide bonds. The van der Waals surface area contributed by atoms with E-state index in [2.05, 4.69) is 9.88 Å². The molecule has 0 aliphatic carbocycles. The van der Waals surface area contributed by atoms with Gasteiger partial charge in [-0.05, 0) is 70.0 Å². The zero-order chi connectivity index (χ0) is 31.1. The fraction of sp³-hybridized carbons (Fsp3) is 0.394. The van der Waals surface area contributed by atoms with E-state index in [-0.39, 0.29) is 17.4 Å². The van der Waals surface area contributed by atoms with Gasteiger partial charge in [0.05, 0.1) is 23.9 Å². The van der Waals surface area contributed by atoms with E-state index in [1.807, 2.05) is 57.2 Å². The first kappa shape index (κ1) is 30.0. The second-order valence-electron chi connectivity index (χ2n) is 11.6. The Labute approximate surface area is 251 Å². The Morgan fingerprint density at radius 1 is 0.977 bits per heavy atom. The average molecular weight is 586 g/mol. The molecule has 0 saturated carbocycles. The molecule has 0 spiro atoms. The maximum absolute atomic E-state index is 13.4. The molecule has 1 aliphatic heterocycles. The van der Waals surface area contributed by atoms with Crippen LogP contribution in [0.2, 0.25) is 0 Å². The molecule has 0 radical (unpaired) electrons. The van der Waals surface area contributed by atoms with Gasteiger partial charge >= 0.3 is 0 Å². The second kappa shape index (κ2) is 11.7. The highest BCUT2D eigenvalue weighted by atomic mass is 16.5. The van der Waals surface area contributed by atoms with Crippen LogP contribution in [-0.4, -0.2) is 53.5 Å². The first-order valence-corrected chi connectivity index (χ1v) is 14.5. The molecule has 1 aromatic carbocycles. The summed E-state index contributed by atoms with van der Waals surface area (Å²) in [6.07, 6.45) is 1.77. The fourth-order valence-corrected chi connectivity index (χ4v) is 5.73. The minimum atomic E-state index is -1.17. The van der Waals surface area contributed by atoms with Crippen LogP contribution in [0.15, 0.2) is 57.9 Å². The molecule has 3 aromatic heterocycles. The molecule has 0 fully saturated rings. The number of amides is 2. The topological polar surface area (TPSA) is 101 Å². The van der Waals surface area contributed by atoms with Crippen molar-refractivity contribution < 1.29 is 18.7 Å². The van der Waals surface area contributed by atoms with E-state index >= 15 is 0 Å². The Hall–Kier alpha value is -4.44. The van der Waals surface area contributed by atoms with Crippen molar-refractivity contribution in [3.05, 3.63) is 81.6 Å². The van der Waals surface area contributed by atoms with E-state index in [9.17, 15) is 14.4 Å². The first-order chi connectivity index (χ1) is 20.4. The van der Waals surface area contributed by atoms with Crippen molar-refractivity contribution in [1.82, 2.24) is 14.5 Å². The number of ether oxygens (including phenoxy) is 1. The third-order valence-electron chi connectivity index (χ3n) is 8.24. The van der Waals surface area contributed by atoms with Gasteiger partial charge in [-0.15, -0.1) is 0 Å². The van der Waals surface area contributed by atoms with Crippen molar-refractivity contribution >= 4 is 34.2 Å². The Kier molecular flexibility index (Phi) is 8.16. The number of hydrogen-bond donors (Lipinski definition) is 0. The first-order valence-electron chi connectivity index (χ1n) is 14.5. The number of nitrogens with zero attached hydrogens (tertiary/aromatic N) is 5. The molecule has 0 bridgehead atoms. The number of anilines is 2. The summed E-state index contributed by atoms with van der Waals surface area (Å²) in [5.74, 6) is 0.803. The molecule has 1 aliphatic rings. The summed E-state index contributed by atoms with van der Waals surface area (Å²) in [5, 5.41) is 0.568. The largest absolute Gasteiger partial charge is 0.481 e.